The first-order valence-corrected chi connectivity index (χ1v) is 16.2. The molecule has 0 saturated carbocycles. The van der Waals surface area contributed by atoms with E-state index in [2.05, 4.69) is 92.4 Å². The van der Waals surface area contributed by atoms with Gasteiger partial charge in [0.1, 0.15) is 0 Å². The average Bonchev–Trinajstić information content (AvgIpc) is 3.51. The number of thiophene rings is 1. The largest absolute Gasteiger partial charge is 0.208 e. The zero-order valence-electron chi connectivity index (χ0n) is 25.3. The van der Waals surface area contributed by atoms with Crippen LogP contribution in [0.5, 0.6) is 0 Å². The SMILES string of the molecule is C=Cc1ccc2c(sc3ccccc32)c1/C(=C\C)c1ccc(-c2nc(-c3ccccc3)nc(-c3ccccc3)n2)c2ccccc12. The zero-order valence-corrected chi connectivity index (χ0v) is 26.1. The highest BCUT2D eigenvalue weighted by atomic mass is 32.1. The van der Waals surface area contributed by atoms with E-state index in [0.29, 0.717) is 17.5 Å². The molecule has 6 aromatic carbocycles. The summed E-state index contributed by atoms with van der Waals surface area (Å²) >= 11 is 1.85. The topological polar surface area (TPSA) is 38.7 Å². The van der Waals surface area contributed by atoms with Crippen molar-refractivity contribution in [1.82, 2.24) is 15.0 Å². The summed E-state index contributed by atoms with van der Waals surface area (Å²) in [7, 11) is 0. The molecule has 3 nitrogen and oxygen atoms in total. The molecule has 0 atom stereocenters. The maximum atomic E-state index is 5.05. The lowest BCUT2D eigenvalue weighted by atomic mass is 9.88. The van der Waals surface area contributed by atoms with E-state index in [1.54, 1.807) is 0 Å². The Morgan fingerprint density at radius 1 is 0.565 bits per heavy atom. The minimum absolute atomic E-state index is 0.649. The summed E-state index contributed by atoms with van der Waals surface area (Å²) in [6.07, 6.45) is 4.21. The normalized spacial score (nSPS) is 11.8. The first kappa shape index (κ1) is 27.8. The third-order valence-electron chi connectivity index (χ3n) is 8.51. The van der Waals surface area contributed by atoms with Crippen LogP contribution in [0, 0.1) is 0 Å². The van der Waals surface area contributed by atoms with Crippen molar-refractivity contribution >= 4 is 53.9 Å². The number of hydrogen-bond acceptors (Lipinski definition) is 4. The number of fused-ring (bicyclic) bond motifs is 4. The van der Waals surface area contributed by atoms with Crippen molar-refractivity contribution < 1.29 is 0 Å². The molecular formula is C42H29N3S. The van der Waals surface area contributed by atoms with E-state index in [-0.39, 0.29) is 0 Å². The summed E-state index contributed by atoms with van der Waals surface area (Å²) in [5.74, 6) is 1.95. The first-order chi connectivity index (χ1) is 22.7. The molecule has 0 bridgehead atoms. The molecule has 2 heterocycles. The fourth-order valence-electron chi connectivity index (χ4n) is 6.34. The van der Waals surface area contributed by atoms with Crippen LogP contribution in [0.1, 0.15) is 23.6 Å². The van der Waals surface area contributed by atoms with E-state index in [1.165, 1.54) is 31.3 Å². The van der Waals surface area contributed by atoms with E-state index in [1.807, 2.05) is 78.1 Å². The highest BCUT2D eigenvalue weighted by molar-refractivity contribution is 7.26. The Labute approximate surface area is 271 Å². The lowest BCUT2D eigenvalue weighted by Crippen LogP contribution is -2.01. The number of benzene rings is 6. The Bertz CT molecular complexity index is 2380. The van der Waals surface area contributed by atoms with Crippen LogP contribution in [0.25, 0.3) is 76.8 Å². The van der Waals surface area contributed by atoms with Gasteiger partial charge in [-0.3, -0.25) is 0 Å². The Hall–Kier alpha value is -5.71. The van der Waals surface area contributed by atoms with E-state index < -0.39 is 0 Å². The lowest BCUT2D eigenvalue weighted by molar-refractivity contribution is 1.08. The third kappa shape index (κ3) is 4.71. The van der Waals surface area contributed by atoms with Gasteiger partial charge in [0.05, 0.1) is 0 Å². The maximum Gasteiger partial charge on any atom is 0.164 e. The van der Waals surface area contributed by atoms with Gasteiger partial charge in [-0.15, -0.1) is 11.3 Å². The molecule has 2 aromatic heterocycles. The molecule has 0 N–H and O–H groups in total. The van der Waals surface area contributed by atoms with Crippen molar-refractivity contribution in [2.75, 3.05) is 0 Å². The van der Waals surface area contributed by atoms with Gasteiger partial charge in [-0.1, -0.05) is 140 Å². The van der Waals surface area contributed by atoms with Gasteiger partial charge in [-0.05, 0) is 46.5 Å². The molecule has 0 aliphatic carbocycles. The smallest absolute Gasteiger partial charge is 0.164 e. The molecule has 0 radical (unpaired) electrons. The van der Waals surface area contributed by atoms with Crippen molar-refractivity contribution in [1.29, 1.82) is 0 Å². The molecule has 0 aliphatic rings. The predicted octanol–water partition coefficient (Wildman–Crippen LogP) is 11.5. The fraction of sp³-hybridized carbons (Fsp3) is 0.0238. The molecular weight excluding hydrogens is 579 g/mol. The molecule has 46 heavy (non-hydrogen) atoms. The number of nitrogens with zero attached hydrogens (tertiary/aromatic N) is 3. The third-order valence-corrected chi connectivity index (χ3v) is 9.72. The quantitative estimate of drug-likeness (QED) is 0.189. The van der Waals surface area contributed by atoms with E-state index in [9.17, 15) is 0 Å². The molecule has 4 heteroatoms. The molecule has 0 unspecified atom stereocenters. The number of aromatic nitrogens is 3. The molecule has 0 saturated heterocycles. The first-order valence-electron chi connectivity index (χ1n) is 15.4. The molecule has 0 spiro atoms. The fourth-order valence-corrected chi connectivity index (χ4v) is 7.62. The number of hydrogen-bond donors (Lipinski definition) is 0. The van der Waals surface area contributed by atoms with Crippen molar-refractivity contribution in [2.45, 2.75) is 6.92 Å². The zero-order chi connectivity index (χ0) is 31.0. The minimum atomic E-state index is 0.649. The number of allylic oxidation sites excluding steroid dienone is 1. The second-order valence-corrected chi connectivity index (χ2v) is 12.2. The summed E-state index contributed by atoms with van der Waals surface area (Å²) in [4.78, 5) is 15.0. The highest BCUT2D eigenvalue weighted by Gasteiger charge is 2.20. The van der Waals surface area contributed by atoms with Crippen LogP contribution in [0.4, 0.5) is 0 Å². The summed E-state index contributed by atoms with van der Waals surface area (Å²) < 4.78 is 2.56. The van der Waals surface area contributed by atoms with E-state index >= 15 is 0 Å². The minimum Gasteiger partial charge on any atom is -0.208 e. The predicted molar refractivity (Wildman–Crippen MR) is 196 cm³/mol. The van der Waals surface area contributed by atoms with Crippen LogP contribution in [-0.4, -0.2) is 15.0 Å². The van der Waals surface area contributed by atoms with E-state index in [0.717, 1.165) is 38.6 Å². The average molecular weight is 608 g/mol. The van der Waals surface area contributed by atoms with Gasteiger partial charge >= 0.3 is 0 Å². The van der Waals surface area contributed by atoms with E-state index in [4.69, 9.17) is 15.0 Å². The molecule has 8 aromatic rings. The monoisotopic (exact) mass is 607 g/mol. The lowest BCUT2D eigenvalue weighted by Gasteiger charge is -2.17. The molecule has 8 rings (SSSR count). The van der Waals surface area contributed by atoms with Gasteiger partial charge in [0.2, 0.25) is 0 Å². The second-order valence-electron chi connectivity index (χ2n) is 11.2. The van der Waals surface area contributed by atoms with Crippen LogP contribution in [0.3, 0.4) is 0 Å². The Morgan fingerprint density at radius 2 is 1.15 bits per heavy atom. The molecule has 0 amide bonds. The van der Waals surface area contributed by atoms with Crippen LogP contribution >= 0.6 is 11.3 Å². The van der Waals surface area contributed by atoms with Gasteiger partial charge in [0.15, 0.2) is 17.5 Å². The van der Waals surface area contributed by atoms with Crippen molar-refractivity contribution in [3.63, 3.8) is 0 Å². The molecule has 0 fully saturated rings. The Morgan fingerprint density at radius 3 is 1.80 bits per heavy atom. The standard InChI is InChI=1S/C42H29N3S/c1-3-27-23-24-35-34-21-13-14-22-37(34)46-39(35)38(27)30(4-2)33-25-26-36(32-20-12-11-19-31(32)33)42-44-40(28-15-7-5-8-16-28)43-41(45-42)29-17-9-6-10-18-29/h3-26H,1H2,2H3/b30-4-. The summed E-state index contributed by atoms with van der Waals surface area (Å²) in [5.41, 5.74) is 7.55. The van der Waals surface area contributed by atoms with Crippen molar-refractivity contribution in [3.05, 3.63) is 163 Å². The molecule has 0 aliphatic heterocycles. The van der Waals surface area contributed by atoms with Gasteiger partial charge in [-0.25, -0.2) is 15.0 Å². The summed E-state index contributed by atoms with van der Waals surface area (Å²) in [5, 5.41) is 4.79. The Balaban J connectivity index is 1.35. The van der Waals surface area contributed by atoms with Gasteiger partial charge in [0, 0.05) is 42.4 Å². The molecule has 218 valence electrons. The van der Waals surface area contributed by atoms with Gasteiger partial charge < -0.3 is 0 Å². The van der Waals surface area contributed by atoms with Crippen LogP contribution in [0.15, 0.2) is 146 Å². The van der Waals surface area contributed by atoms with Crippen LogP contribution in [-0.2, 0) is 0 Å². The Kier molecular flexibility index (Phi) is 7.05. The summed E-state index contributed by atoms with van der Waals surface area (Å²) in [6.45, 7) is 6.33. The van der Waals surface area contributed by atoms with Gasteiger partial charge in [-0.2, -0.15) is 0 Å². The van der Waals surface area contributed by atoms with Crippen LogP contribution < -0.4 is 0 Å². The number of rotatable bonds is 6. The second kappa shape index (κ2) is 11.7. The highest BCUT2D eigenvalue weighted by Crippen LogP contribution is 2.44. The van der Waals surface area contributed by atoms with Gasteiger partial charge in [0.25, 0.3) is 0 Å². The van der Waals surface area contributed by atoms with Crippen LogP contribution in [0.2, 0.25) is 0 Å². The van der Waals surface area contributed by atoms with Crippen molar-refractivity contribution in [3.8, 4) is 34.2 Å². The summed E-state index contributed by atoms with van der Waals surface area (Å²) in [6, 6.07) is 46.3. The van der Waals surface area contributed by atoms with Crippen molar-refractivity contribution in [2.24, 2.45) is 0 Å². The maximum absolute atomic E-state index is 5.05.